The summed E-state index contributed by atoms with van der Waals surface area (Å²) in [5.41, 5.74) is 6.36. The topological polar surface area (TPSA) is 69.6 Å². The van der Waals surface area contributed by atoms with Crippen molar-refractivity contribution in [2.75, 3.05) is 5.73 Å². The highest BCUT2D eigenvalue weighted by molar-refractivity contribution is 5.59. The fourth-order valence-corrected chi connectivity index (χ4v) is 2.52. The third-order valence-corrected chi connectivity index (χ3v) is 3.59. The van der Waals surface area contributed by atoms with Gasteiger partial charge < -0.3 is 5.73 Å². The summed E-state index contributed by atoms with van der Waals surface area (Å²) >= 11 is 0. The molecule has 3 rings (SSSR count). The molecule has 1 aromatic carbocycles. The molecule has 19 heavy (non-hydrogen) atoms. The van der Waals surface area contributed by atoms with Crippen LogP contribution in [0.4, 0.5) is 10.1 Å². The molecule has 0 bridgehead atoms. The number of nitrogen functional groups attached to an aromatic ring is 1. The van der Waals surface area contributed by atoms with Crippen LogP contribution >= 0.6 is 0 Å². The highest BCUT2D eigenvalue weighted by atomic mass is 19.1. The lowest BCUT2D eigenvalue weighted by Crippen LogP contribution is -2.03. The Morgan fingerprint density at radius 3 is 3.05 bits per heavy atom. The maximum atomic E-state index is 13.9. The molecule has 5 nitrogen and oxygen atoms in total. The second-order valence-electron chi connectivity index (χ2n) is 5.04. The number of anilines is 1. The molecule has 0 spiro atoms. The molecule has 0 aliphatic heterocycles. The minimum atomic E-state index is -0.385. The Bertz CT molecular complexity index is 594. The Kier molecular flexibility index (Phi) is 2.93. The van der Waals surface area contributed by atoms with Crippen LogP contribution in [0.5, 0.6) is 0 Å². The molecule has 0 amide bonds. The van der Waals surface area contributed by atoms with E-state index in [1.807, 2.05) is 0 Å². The van der Waals surface area contributed by atoms with E-state index in [-0.39, 0.29) is 5.82 Å². The molecule has 0 radical (unpaired) electrons. The molecule has 100 valence electrons. The average Bonchev–Trinajstić information content (AvgIpc) is 2.97. The molecule has 1 fully saturated rings. The quantitative estimate of drug-likeness (QED) is 0.858. The first-order valence-corrected chi connectivity index (χ1v) is 6.54. The lowest BCUT2D eigenvalue weighted by molar-refractivity contribution is 0.546. The molecule has 0 saturated heterocycles. The predicted molar refractivity (Wildman–Crippen MR) is 69.7 cm³/mol. The molecule has 1 saturated carbocycles. The predicted octanol–water partition coefficient (Wildman–Crippen LogP) is 2.42. The summed E-state index contributed by atoms with van der Waals surface area (Å²) in [6.45, 7) is 2.16. The molecule has 6 heteroatoms. The van der Waals surface area contributed by atoms with Crippen molar-refractivity contribution in [3.63, 3.8) is 0 Å². The molecule has 1 aliphatic carbocycles. The van der Waals surface area contributed by atoms with Crippen molar-refractivity contribution in [2.45, 2.75) is 32.2 Å². The van der Waals surface area contributed by atoms with Crippen molar-refractivity contribution in [1.82, 2.24) is 20.2 Å². The van der Waals surface area contributed by atoms with Crippen LogP contribution < -0.4 is 5.73 Å². The Balaban J connectivity index is 1.92. The summed E-state index contributed by atoms with van der Waals surface area (Å²) in [6.07, 6.45) is 3.38. The summed E-state index contributed by atoms with van der Waals surface area (Å²) in [5.74, 6) is 0.717. The Hall–Kier alpha value is -1.98. The van der Waals surface area contributed by atoms with Crippen LogP contribution in [0.1, 0.15) is 32.2 Å². The fraction of sp³-hybridized carbons (Fsp3) is 0.462. The van der Waals surface area contributed by atoms with Crippen LogP contribution in [-0.4, -0.2) is 20.2 Å². The van der Waals surface area contributed by atoms with Gasteiger partial charge in [0.05, 0.1) is 11.6 Å². The van der Waals surface area contributed by atoms with Gasteiger partial charge in [0.2, 0.25) is 0 Å². The maximum Gasteiger partial charge on any atom is 0.185 e. The number of hydrogen-bond donors (Lipinski definition) is 1. The maximum absolute atomic E-state index is 13.9. The Morgan fingerprint density at radius 2 is 2.32 bits per heavy atom. The fourth-order valence-electron chi connectivity index (χ4n) is 2.52. The van der Waals surface area contributed by atoms with Crippen LogP contribution in [0.3, 0.4) is 0 Å². The van der Waals surface area contributed by atoms with Gasteiger partial charge in [-0.3, -0.25) is 0 Å². The molecule has 1 aliphatic rings. The van der Waals surface area contributed by atoms with Gasteiger partial charge in [0.25, 0.3) is 0 Å². The third kappa shape index (κ3) is 2.18. The van der Waals surface area contributed by atoms with Crippen molar-refractivity contribution in [3.05, 3.63) is 24.0 Å². The van der Waals surface area contributed by atoms with Gasteiger partial charge >= 0.3 is 0 Å². The third-order valence-electron chi connectivity index (χ3n) is 3.59. The zero-order chi connectivity index (χ0) is 13.4. The van der Waals surface area contributed by atoms with E-state index in [0.29, 0.717) is 29.0 Å². The normalized spacial score (nSPS) is 21.6. The van der Waals surface area contributed by atoms with Crippen LogP contribution in [0, 0.1) is 11.7 Å². The minimum absolute atomic E-state index is 0.307. The van der Waals surface area contributed by atoms with E-state index in [0.717, 1.165) is 19.3 Å². The van der Waals surface area contributed by atoms with E-state index in [1.165, 1.54) is 6.07 Å². The first kappa shape index (κ1) is 12.1. The molecule has 1 heterocycles. The van der Waals surface area contributed by atoms with E-state index >= 15 is 0 Å². The first-order valence-electron chi connectivity index (χ1n) is 6.54. The lowest BCUT2D eigenvalue weighted by Gasteiger charge is -2.05. The molecule has 2 N–H and O–H groups in total. The largest absolute Gasteiger partial charge is 0.399 e. The zero-order valence-corrected chi connectivity index (χ0v) is 10.8. The number of tetrazole rings is 1. The van der Waals surface area contributed by atoms with Gasteiger partial charge in [-0.05, 0) is 47.4 Å². The van der Waals surface area contributed by atoms with Gasteiger partial charge in [0.15, 0.2) is 5.82 Å². The van der Waals surface area contributed by atoms with Crippen LogP contribution in [0.2, 0.25) is 0 Å². The van der Waals surface area contributed by atoms with E-state index in [1.54, 1.807) is 16.8 Å². The van der Waals surface area contributed by atoms with E-state index in [4.69, 9.17) is 5.73 Å². The second kappa shape index (κ2) is 4.60. The number of aromatic nitrogens is 4. The van der Waals surface area contributed by atoms with Crippen molar-refractivity contribution >= 4 is 5.69 Å². The van der Waals surface area contributed by atoms with E-state index in [2.05, 4.69) is 22.4 Å². The van der Waals surface area contributed by atoms with Gasteiger partial charge in [0, 0.05) is 5.69 Å². The smallest absolute Gasteiger partial charge is 0.185 e. The summed E-state index contributed by atoms with van der Waals surface area (Å²) in [6, 6.07) is 4.89. The molecule has 1 aromatic heterocycles. The SMILES string of the molecule is CCCC1CC1n1nnnc1-c1ccc(N)cc1F. The molecular formula is C13H16FN5. The average molecular weight is 261 g/mol. The van der Waals surface area contributed by atoms with Gasteiger partial charge in [-0.1, -0.05) is 13.3 Å². The second-order valence-corrected chi connectivity index (χ2v) is 5.04. The summed E-state index contributed by atoms with van der Waals surface area (Å²) in [7, 11) is 0. The van der Waals surface area contributed by atoms with E-state index in [9.17, 15) is 4.39 Å². The van der Waals surface area contributed by atoms with Gasteiger partial charge in [-0.15, -0.1) is 5.10 Å². The number of hydrogen-bond acceptors (Lipinski definition) is 4. The number of nitrogens with two attached hydrogens (primary N) is 1. The summed E-state index contributed by atoms with van der Waals surface area (Å²) in [4.78, 5) is 0. The standard InChI is InChI=1S/C13H16FN5/c1-2-3-8-6-12(8)19-13(16-17-18-19)10-5-4-9(15)7-11(10)14/h4-5,7-8,12H,2-3,6,15H2,1H3. The highest BCUT2D eigenvalue weighted by Gasteiger charge is 2.40. The molecular weight excluding hydrogens is 245 g/mol. The van der Waals surface area contributed by atoms with Gasteiger partial charge in [0.1, 0.15) is 5.82 Å². The number of nitrogens with zero attached hydrogens (tertiary/aromatic N) is 4. The summed E-state index contributed by atoms with van der Waals surface area (Å²) in [5, 5.41) is 11.6. The van der Waals surface area contributed by atoms with Crippen molar-refractivity contribution in [3.8, 4) is 11.4 Å². The van der Waals surface area contributed by atoms with Crippen LogP contribution in [-0.2, 0) is 0 Å². The monoisotopic (exact) mass is 261 g/mol. The Morgan fingerprint density at radius 1 is 1.47 bits per heavy atom. The number of halogens is 1. The number of rotatable bonds is 4. The summed E-state index contributed by atoms with van der Waals surface area (Å²) < 4.78 is 15.7. The molecule has 2 unspecified atom stereocenters. The highest BCUT2D eigenvalue weighted by Crippen LogP contribution is 2.47. The van der Waals surface area contributed by atoms with Crippen molar-refractivity contribution in [1.29, 1.82) is 0 Å². The first-order chi connectivity index (χ1) is 9.20. The van der Waals surface area contributed by atoms with Gasteiger partial charge in [-0.2, -0.15) is 0 Å². The minimum Gasteiger partial charge on any atom is -0.399 e. The van der Waals surface area contributed by atoms with Crippen LogP contribution in [0.15, 0.2) is 18.2 Å². The van der Waals surface area contributed by atoms with Crippen LogP contribution in [0.25, 0.3) is 11.4 Å². The van der Waals surface area contributed by atoms with Gasteiger partial charge in [-0.25, -0.2) is 9.07 Å². The lowest BCUT2D eigenvalue weighted by atomic mass is 10.2. The Labute approximate surface area is 110 Å². The van der Waals surface area contributed by atoms with Crippen molar-refractivity contribution in [2.24, 2.45) is 5.92 Å². The molecule has 2 atom stereocenters. The van der Waals surface area contributed by atoms with Crippen molar-refractivity contribution < 1.29 is 4.39 Å². The molecule has 2 aromatic rings. The zero-order valence-electron chi connectivity index (χ0n) is 10.8. The number of benzene rings is 1. The van der Waals surface area contributed by atoms with E-state index < -0.39 is 0 Å².